The van der Waals surface area contributed by atoms with Crippen molar-refractivity contribution in [3.05, 3.63) is 33.8 Å². The third kappa shape index (κ3) is 3.76. The SMILES string of the molecule is Cc1cnn(CCCNC(=O)C(C)n2nc(C)c(Br)c2C)c1. The van der Waals surface area contributed by atoms with Crippen LogP contribution in [0.3, 0.4) is 0 Å². The van der Waals surface area contributed by atoms with Gasteiger partial charge < -0.3 is 5.32 Å². The first-order chi connectivity index (χ1) is 10.4. The second-order valence-electron chi connectivity index (χ2n) is 5.53. The fraction of sp³-hybridized carbons (Fsp3) is 0.533. The van der Waals surface area contributed by atoms with Gasteiger partial charge in [-0.2, -0.15) is 10.2 Å². The van der Waals surface area contributed by atoms with Crippen LogP contribution in [0.5, 0.6) is 0 Å². The Kier molecular flexibility index (Phi) is 5.39. The summed E-state index contributed by atoms with van der Waals surface area (Å²) in [4.78, 5) is 12.2. The molecule has 0 aromatic carbocycles. The van der Waals surface area contributed by atoms with Gasteiger partial charge in [0, 0.05) is 19.3 Å². The standard InChI is InChI=1S/C15H22BrN5O/c1-10-8-18-20(9-10)7-5-6-17-15(22)13(4)21-12(3)14(16)11(2)19-21/h8-9,13H,5-7H2,1-4H3,(H,17,22). The van der Waals surface area contributed by atoms with E-state index in [2.05, 4.69) is 31.4 Å². The maximum atomic E-state index is 12.2. The minimum absolute atomic E-state index is 0.0188. The third-order valence-corrected chi connectivity index (χ3v) is 4.76. The first kappa shape index (κ1) is 16.7. The highest BCUT2D eigenvalue weighted by molar-refractivity contribution is 9.10. The molecule has 1 N–H and O–H groups in total. The number of nitrogens with zero attached hydrogens (tertiary/aromatic N) is 4. The van der Waals surface area contributed by atoms with E-state index in [0.717, 1.165) is 34.4 Å². The van der Waals surface area contributed by atoms with E-state index in [9.17, 15) is 4.79 Å². The van der Waals surface area contributed by atoms with Gasteiger partial charge in [-0.15, -0.1) is 0 Å². The second kappa shape index (κ2) is 7.09. The summed E-state index contributed by atoms with van der Waals surface area (Å²) in [6.45, 7) is 9.17. The zero-order valence-electron chi connectivity index (χ0n) is 13.4. The van der Waals surface area contributed by atoms with Gasteiger partial charge in [-0.1, -0.05) is 0 Å². The molecule has 0 spiro atoms. The number of hydrogen-bond donors (Lipinski definition) is 1. The maximum absolute atomic E-state index is 12.2. The van der Waals surface area contributed by atoms with Crippen LogP contribution in [0.1, 0.15) is 36.3 Å². The Hall–Kier alpha value is -1.63. The van der Waals surface area contributed by atoms with Crippen LogP contribution in [-0.4, -0.2) is 32.0 Å². The Balaban J connectivity index is 1.82. The summed E-state index contributed by atoms with van der Waals surface area (Å²) in [7, 11) is 0. The highest BCUT2D eigenvalue weighted by Gasteiger charge is 2.19. The summed E-state index contributed by atoms with van der Waals surface area (Å²) in [5.41, 5.74) is 3.01. The van der Waals surface area contributed by atoms with Crippen LogP contribution >= 0.6 is 15.9 Å². The molecule has 0 aliphatic carbocycles. The van der Waals surface area contributed by atoms with Crippen molar-refractivity contribution in [3.8, 4) is 0 Å². The molecule has 2 heterocycles. The fourth-order valence-electron chi connectivity index (χ4n) is 2.32. The van der Waals surface area contributed by atoms with Gasteiger partial charge in [0.15, 0.2) is 0 Å². The van der Waals surface area contributed by atoms with Crippen molar-refractivity contribution < 1.29 is 4.79 Å². The van der Waals surface area contributed by atoms with Crippen molar-refractivity contribution in [2.45, 2.75) is 46.7 Å². The third-order valence-electron chi connectivity index (χ3n) is 3.61. The number of rotatable bonds is 6. The molecular formula is C15H22BrN5O. The number of hydrogen-bond acceptors (Lipinski definition) is 3. The van der Waals surface area contributed by atoms with E-state index in [1.165, 1.54) is 0 Å². The van der Waals surface area contributed by atoms with Crippen LogP contribution in [0, 0.1) is 20.8 Å². The Bertz CT molecular complexity index is 661. The molecule has 1 amide bonds. The van der Waals surface area contributed by atoms with Gasteiger partial charge in [0.25, 0.3) is 0 Å². The van der Waals surface area contributed by atoms with Crippen LogP contribution in [0.25, 0.3) is 0 Å². The number of aryl methyl sites for hydroxylation is 3. The molecule has 120 valence electrons. The van der Waals surface area contributed by atoms with Crippen molar-refractivity contribution in [1.82, 2.24) is 24.9 Å². The minimum atomic E-state index is -0.322. The Morgan fingerprint density at radius 3 is 2.68 bits per heavy atom. The summed E-state index contributed by atoms with van der Waals surface area (Å²) in [6.07, 6.45) is 4.68. The van der Waals surface area contributed by atoms with Crippen molar-refractivity contribution in [3.63, 3.8) is 0 Å². The Labute approximate surface area is 139 Å². The Morgan fingerprint density at radius 2 is 2.14 bits per heavy atom. The molecule has 2 aromatic rings. The van der Waals surface area contributed by atoms with Gasteiger partial charge >= 0.3 is 0 Å². The lowest BCUT2D eigenvalue weighted by atomic mass is 10.3. The molecule has 2 rings (SSSR count). The number of halogens is 1. The molecule has 0 aliphatic heterocycles. The van der Waals surface area contributed by atoms with E-state index in [1.54, 1.807) is 4.68 Å². The quantitative estimate of drug-likeness (QED) is 0.797. The summed E-state index contributed by atoms with van der Waals surface area (Å²) >= 11 is 3.48. The van der Waals surface area contributed by atoms with E-state index in [-0.39, 0.29) is 11.9 Å². The van der Waals surface area contributed by atoms with Crippen LogP contribution in [0.2, 0.25) is 0 Å². The lowest BCUT2D eigenvalue weighted by Gasteiger charge is -2.14. The van der Waals surface area contributed by atoms with E-state index in [0.29, 0.717) is 6.54 Å². The van der Waals surface area contributed by atoms with Gasteiger partial charge in [-0.25, -0.2) is 0 Å². The maximum Gasteiger partial charge on any atom is 0.244 e. The number of carbonyl (C=O) groups is 1. The first-order valence-corrected chi connectivity index (χ1v) is 8.17. The van der Waals surface area contributed by atoms with Gasteiger partial charge in [-0.05, 0) is 55.6 Å². The van der Waals surface area contributed by atoms with Crippen LogP contribution in [-0.2, 0) is 11.3 Å². The van der Waals surface area contributed by atoms with Crippen LogP contribution < -0.4 is 5.32 Å². The summed E-state index contributed by atoms with van der Waals surface area (Å²) < 4.78 is 4.61. The summed E-state index contributed by atoms with van der Waals surface area (Å²) in [5.74, 6) is -0.0188. The molecule has 0 saturated carbocycles. The topological polar surface area (TPSA) is 64.7 Å². The monoisotopic (exact) mass is 367 g/mol. The summed E-state index contributed by atoms with van der Waals surface area (Å²) in [5, 5.41) is 11.6. The van der Waals surface area contributed by atoms with E-state index >= 15 is 0 Å². The number of carbonyl (C=O) groups excluding carboxylic acids is 1. The summed E-state index contributed by atoms with van der Waals surface area (Å²) in [6, 6.07) is -0.322. The van der Waals surface area contributed by atoms with Gasteiger partial charge in [0.1, 0.15) is 6.04 Å². The number of amides is 1. The van der Waals surface area contributed by atoms with E-state index in [1.807, 2.05) is 44.8 Å². The van der Waals surface area contributed by atoms with Gasteiger partial charge in [-0.3, -0.25) is 14.2 Å². The molecule has 0 fully saturated rings. The average Bonchev–Trinajstić information content (AvgIpc) is 3.01. The van der Waals surface area contributed by atoms with Crippen LogP contribution in [0.15, 0.2) is 16.9 Å². The first-order valence-electron chi connectivity index (χ1n) is 7.38. The highest BCUT2D eigenvalue weighted by Crippen LogP contribution is 2.22. The smallest absolute Gasteiger partial charge is 0.244 e. The molecule has 0 radical (unpaired) electrons. The molecule has 1 unspecified atom stereocenters. The highest BCUT2D eigenvalue weighted by atomic mass is 79.9. The Morgan fingerprint density at radius 1 is 1.41 bits per heavy atom. The van der Waals surface area contributed by atoms with Crippen molar-refractivity contribution in [1.29, 1.82) is 0 Å². The van der Waals surface area contributed by atoms with Crippen molar-refractivity contribution >= 4 is 21.8 Å². The molecule has 0 saturated heterocycles. The molecule has 2 aromatic heterocycles. The zero-order valence-corrected chi connectivity index (χ0v) is 15.0. The van der Waals surface area contributed by atoms with Crippen molar-refractivity contribution in [2.75, 3.05) is 6.54 Å². The molecule has 1 atom stereocenters. The predicted octanol–water partition coefficient (Wildman–Crippen LogP) is 2.53. The van der Waals surface area contributed by atoms with Crippen molar-refractivity contribution in [2.24, 2.45) is 0 Å². The molecule has 7 heteroatoms. The molecule has 0 bridgehead atoms. The lowest BCUT2D eigenvalue weighted by Crippen LogP contribution is -2.33. The van der Waals surface area contributed by atoms with E-state index in [4.69, 9.17) is 0 Å². The van der Waals surface area contributed by atoms with Gasteiger partial charge in [0.2, 0.25) is 5.91 Å². The molecular weight excluding hydrogens is 346 g/mol. The minimum Gasteiger partial charge on any atom is -0.354 e. The fourth-order valence-corrected chi connectivity index (χ4v) is 2.58. The number of nitrogens with one attached hydrogen (secondary N) is 1. The molecule has 22 heavy (non-hydrogen) atoms. The van der Waals surface area contributed by atoms with Crippen LogP contribution in [0.4, 0.5) is 0 Å². The number of aromatic nitrogens is 4. The molecule has 6 nitrogen and oxygen atoms in total. The van der Waals surface area contributed by atoms with E-state index < -0.39 is 0 Å². The predicted molar refractivity (Wildman–Crippen MR) is 88.7 cm³/mol. The van der Waals surface area contributed by atoms with Gasteiger partial charge in [0.05, 0.1) is 22.1 Å². The lowest BCUT2D eigenvalue weighted by molar-refractivity contribution is -0.124. The second-order valence-corrected chi connectivity index (χ2v) is 6.32. The molecule has 0 aliphatic rings. The average molecular weight is 368 g/mol. The largest absolute Gasteiger partial charge is 0.354 e. The normalized spacial score (nSPS) is 12.4. The zero-order chi connectivity index (χ0) is 16.3.